The molecule has 1 N–H and O–H groups in total. The maximum atomic E-state index is 13.7. The number of rotatable bonds is 5. The first kappa shape index (κ1) is 30.1. The number of aromatic nitrogens is 2. The fourth-order valence-electron chi connectivity index (χ4n) is 4.86. The number of benzene rings is 1. The average molecular weight is 554 g/mol. The number of piperazine rings is 2. The molecule has 3 aliphatic rings. The summed E-state index contributed by atoms with van der Waals surface area (Å²) >= 11 is 0. The van der Waals surface area contributed by atoms with E-state index in [9.17, 15) is 4.79 Å². The number of hydrogen-bond donors (Lipinski definition) is 1. The summed E-state index contributed by atoms with van der Waals surface area (Å²) in [6, 6.07) is 7.91. The molecule has 1 unspecified atom stereocenters. The van der Waals surface area contributed by atoms with Gasteiger partial charge in [-0.2, -0.15) is 0 Å². The van der Waals surface area contributed by atoms with E-state index >= 15 is 0 Å². The van der Waals surface area contributed by atoms with Crippen molar-refractivity contribution in [2.45, 2.75) is 18.9 Å². The summed E-state index contributed by atoms with van der Waals surface area (Å²) in [4.78, 5) is 29.2. The minimum Gasteiger partial charge on any atom is -0.352 e. The van der Waals surface area contributed by atoms with Crippen LogP contribution in [0.4, 0.5) is 5.82 Å². The molecule has 5 rings (SSSR count). The smallest absolute Gasteiger partial charge is 0.244 e. The van der Waals surface area contributed by atoms with E-state index in [1.54, 1.807) is 6.33 Å². The molecule has 1 aliphatic carbocycles. The molecule has 1 atom stereocenters. The molecule has 196 valence electrons. The predicted molar refractivity (Wildman–Crippen MR) is 154 cm³/mol. The van der Waals surface area contributed by atoms with Crippen molar-refractivity contribution in [3.05, 3.63) is 66.5 Å². The average Bonchev–Trinajstić information content (AvgIpc) is 2.90. The monoisotopic (exact) mass is 552 g/mol. The highest BCUT2D eigenvalue weighted by Crippen LogP contribution is 2.24. The summed E-state index contributed by atoms with van der Waals surface area (Å²) in [5.41, 5.74) is 2.25. The van der Waals surface area contributed by atoms with Gasteiger partial charge in [-0.3, -0.25) is 9.69 Å². The fraction of sp³-hybridized carbons (Fsp3) is 0.423. The summed E-state index contributed by atoms with van der Waals surface area (Å²) in [5, 5.41) is 4.47. The van der Waals surface area contributed by atoms with Gasteiger partial charge in [0, 0.05) is 57.7 Å². The number of fused-ring (bicyclic) bond motifs is 1. The Labute approximate surface area is 231 Å². The first-order valence-electron chi connectivity index (χ1n) is 12.0. The van der Waals surface area contributed by atoms with Crippen LogP contribution in [0.15, 0.2) is 66.5 Å². The van der Waals surface area contributed by atoms with Gasteiger partial charge in [0.2, 0.25) is 5.91 Å². The van der Waals surface area contributed by atoms with E-state index in [1.807, 2.05) is 23.1 Å². The van der Waals surface area contributed by atoms with E-state index in [1.165, 1.54) is 5.57 Å². The van der Waals surface area contributed by atoms with Crippen LogP contribution in [0.25, 0.3) is 10.9 Å². The Morgan fingerprint density at radius 3 is 2.44 bits per heavy atom. The Kier molecular flexibility index (Phi) is 12.1. The van der Waals surface area contributed by atoms with Gasteiger partial charge in [-0.05, 0) is 30.5 Å². The van der Waals surface area contributed by atoms with Crippen molar-refractivity contribution in [1.29, 1.82) is 0 Å². The Morgan fingerprint density at radius 2 is 1.72 bits per heavy atom. The number of nitrogens with zero attached hydrogens (tertiary/aromatic N) is 5. The molecule has 2 saturated heterocycles. The Balaban J connectivity index is 0.00000152. The third kappa shape index (κ3) is 6.99. The molecule has 2 aromatic rings. The lowest BCUT2D eigenvalue weighted by molar-refractivity contribution is -0.135. The molecular formula is C26H35Cl3N6O. The van der Waals surface area contributed by atoms with Crippen molar-refractivity contribution in [3.63, 3.8) is 0 Å². The summed E-state index contributed by atoms with van der Waals surface area (Å²) in [6.45, 7) is 6.62. The van der Waals surface area contributed by atoms with E-state index in [-0.39, 0.29) is 49.2 Å². The van der Waals surface area contributed by atoms with Gasteiger partial charge >= 0.3 is 0 Å². The highest BCUT2D eigenvalue weighted by Gasteiger charge is 2.31. The number of allylic oxidation sites excluding steroid dienone is 5. The molecule has 1 aromatic heterocycles. The molecule has 0 spiro atoms. The third-order valence-electron chi connectivity index (χ3n) is 6.75. The second-order valence-corrected chi connectivity index (χ2v) is 8.83. The van der Waals surface area contributed by atoms with Crippen LogP contribution in [0.3, 0.4) is 0 Å². The molecule has 0 saturated carbocycles. The zero-order valence-corrected chi connectivity index (χ0v) is 22.7. The standard InChI is InChI=1S/C26H32N6O.3ClH/c33-26(24(30-14-12-27-13-15-30)11-10-21-6-2-1-3-7-21)32-18-16-31(17-19-32)25-22-8-4-5-9-23(22)28-20-29-25;;;/h1-2,4-6,8-11,20,24,27H,3,7,12-19H2;3*1H. The predicted octanol–water partition coefficient (Wildman–Crippen LogP) is 3.65. The zero-order chi connectivity index (χ0) is 22.5. The van der Waals surface area contributed by atoms with E-state index in [0.29, 0.717) is 13.1 Å². The number of carbonyl (C=O) groups excluding carboxylic acids is 1. The molecule has 0 radical (unpaired) electrons. The SMILES string of the molecule is Cl.Cl.Cl.O=C(C(C=CC1=CC=CCC1)N1CCNCC1)N1CCN(c2ncnc3ccccc23)CC1. The number of amides is 1. The molecule has 0 bridgehead atoms. The van der Waals surface area contributed by atoms with Crippen molar-refractivity contribution >= 4 is 59.8 Å². The van der Waals surface area contributed by atoms with Gasteiger partial charge in [0.05, 0.1) is 5.52 Å². The van der Waals surface area contributed by atoms with Crippen LogP contribution >= 0.6 is 37.2 Å². The number of anilines is 1. The van der Waals surface area contributed by atoms with Gasteiger partial charge in [-0.25, -0.2) is 9.97 Å². The van der Waals surface area contributed by atoms with E-state index < -0.39 is 0 Å². The zero-order valence-electron chi connectivity index (χ0n) is 20.3. The molecule has 1 amide bonds. The quantitative estimate of drug-likeness (QED) is 0.610. The first-order valence-corrected chi connectivity index (χ1v) is 12.0. The Hall–Kier alpha value is -2.16. The maximum Gasteiger partial charge on any atom is 0.244 e. The molecule has 10 heteroatoms. The normalized spacial score (nSPS) is 19.2. The lowest BCUT2D eigenvalue weighted by Gasteiger charge is -2.40. The van der Waals surface area contributed by atoms with Gasteiger partial charge in [-0.1, -0.05) is 42.5 Å². The van der Waals surface area contributed by atoms with Gasteiger partial charge < -0.3 is 15.1 Å². The lowest BCUT2D eigenvalue weighted by Crippen LogP contribution is -2.57. The van der Waals surface area contributed by atoms with Crippen molar-refractivity contribution < 1.29 is 4.79 Å². The molecule has 2 aliphatic heterocycles. The van der Waals surface area contributed by atoms with Crippen LogP contribution in [0.1, 0.15) is 12.8 Å². The minimum absolute atomic E-state index is 0. The van der Waals surface area contributed by atoms with Crippen LogP contribution in [0, 0.1) is 0 Å². The van der Waals surface area contributed by atoms with E-state index in [2.05, 4.69) is 61.5 Å². The largest absolute Gasteiger partial charge is 0.352 e. The first-order chi connectivity index (χ1) is 16.3. The lowest BCUT2D eigenvalue weighted by atomic mass is 10.0. The van der Waals surface area contributed by atoms with Crippen molar-refractivity contribution in [2.24, 2.45) is 0 Å². The van der Waals surface area contributed by atoms with Gasteiger partial charge in [0.15, 0.2) is 0 Å². The number of halogens is 3. The molecule has 36 heavy (non-hydrogen) atoms. The summed E-state index contributed by atoms with van der Waals surface area (Å²) < 4.78 is 0. The van der Waals surface area contributed by atoms with Crippen LogP contribution in [-0.4, -0.2) is 84.1 Å². The third-order valence-corrected chi connectivity index (χ3v) is 6.75. The maximum absolute atomic E-state index is 13.7. The molecule has 7 nitrogen and oxygen atoms in total. The number of carbonyl (C=O) groups is 1. The Morgan fingerprint density at radius 1 is 0.972 bits per heavy atom. The second-order valence-electron chi connectivity index (χ2n) is 8.83. The number of para-hydroxylation sites is 1. The van der Waals surface area contributed by atoms with Crippen molar-refractivity contribution in [1.82, 2.24) is 25.1 Å². The van der Waals surface area contributed by atoms with Crippen molar-refractivity contribution in [2.75, 3.05) is 57.3 Å². The summed E-state index contributed by atoms with van der Waals surface area (Å²) in [7, 11) is 0. The van der Waals surface area contributed by atoms with E-state index in [4.69, 9.17) is 0 Å². The summed E-state index contributed by atoms with van der Waals surface area (Å²) in [6.07, 6.45) is 14.5. The highest BCUT2D eigenvalue weighted by molar-refractivity contribution is 5.89. The van der Waals surface area contributed by atoms with Gasteiger partial charge in [0.1, 0.15) is 18.2 Å². The van der Waals surface area contributed by atoms with Crippen LogP contribution < -0.4 is 10.2 Å². The van der Waals surface area contributed by atoms with Gasteiger partial charge in [0.25, 0.3) is 0 Å². The molecule has 2 fully saturated rings. The van der Waals surface area contributed by atoms with Crippen LogP contribution in [0.2, 0.25) is 0 Å². The van der Waals surface area contributed by atoms with Crippen LogP contribution in [-0.2, 0) is 4.79 Å². The highest BCUT2D eigenvalue weighted by atomic mass is 35.5. The topological polar surface area (TPSA) is 64.6 Å². The fourth-order valence-corrected chi connectivity index (χ4v) is 4.86. The number of hydrogen-bond acceptors (Lipinski definition) is 6. The van der Waals surface area contributed by atoms with E-state index in [0.717, 1.165) is 68.8 Å². The van der Waals surface area contributed by atoms with Crippen LogP contribution in [0.5, 0.6) is 0 Å². The van der Waals surface area contributed by atoms with Gasteiger partial charge in [-0.15, -0.1) is 37.2 Å². The molecule has 1 aromatic carbocycles. The van der Waals surface area contributed by atoms with Crippen molar-refractivity contribution in [3.8, 4) is 0 Å². The molecular weight excluding hydrogens is 519 g/mol. The Bertz CT molecular complexity index is 1070. The molecule has 3 heterocycles. The summed E-state index contributed by atoms with van der Waals surface area (Å²) in [5.74, 6) is 1.18. The minimum atomic E-state index is -0.203. The second kappa shape index (κ2) is 14.5. The number of nitrogens with one attached hydrogen (secondary N) is 1.